The minimum Gasteiger partial charge on any atom is -0.348 e. The normalized spacial score (nSPS) is 16.7. The summed E-state index contributed by atoms with van der Waals surface area (Å²) in [6, 6.07) is 0. The van der Waals surface area contributed by atoms with Crippen LogP contribution in [0.2, 0.25) is 0 Å². The summed E-state index contributed by atoms with van der Waals surface area (Å²) in [6.45, 7) is 2.16. The molecule has 15 heavy (non-hydrogen) atoms. The summed E-state index contributed by atoms with van der Waals surface area (Å²) < 4.78 is 0. The van der Waals surface area contributed by atoms with Crippen LogP contribution >= 0.6 is 27.3 Å². The monoisotopic (exact) mass is 288 g/mol. The van der Waals surface area contributed by atoms with Crippen LogP contribution in [0.5, 0.6) is 0 Å². The van der Waals surface area contributed by atoms with Gasteiger partial charge in [0.05, 0.1) is 5.33 Å². The summed E-state index contributed by atoms with van der Waals surface area (Å²) in [5.74, 6) is 0.0644. The fourth-order valence-electron chi connectivity index (χ4n) is 1.69. The van der Waals surface area contributed by atoms with Crippen molar-refractivity contribution in [3.63, 3.8) is 0 Å². The van der Waals surface area contributed by atoms with Crippen molar-refractivity contribution in [2.45, 2.75) is 19.3 Å². The molecule has 1 aromatic rings. The molecule has 0 saturated carbocycles. The highest BCUT2D eigenvalue weighted by atomic mass is 79.9. The molecule has 0 aromatic carbocycles. The van der Waals surface area contributed by atoms with Gasteiger partial charge in [0, 0.05) is 18.5 Å². The largest absolute Gasteiger partial charge is 0.348 e. The van der Waals surface area contributed by atoms with E-state index in [2.05, 4.69) is 25.8 Å². The molecule has 0 unspecified atom stereocenters. The van der Waals surface area contributed by atoms with Gasteiger partial charge < -0.3 is 4.90 Å². The molecule has 0 bridgehead atoms. The van der Waals surface area contributed by atoms with E-state index in [9.17, 15) is 4.79 Å². The van der Waals surface area contributed by atoms with Gasteiger partial charge in [-0.3, -0.25) is 4.79 Å². The van der Waals surface area contributed by atoms with Gasteiger partial charge in [-0.2, -0.15) is 0 Å². The van der Waals surface area contributed by atoms with Gasteiger partial charge in [-0.25, -0.2) is 4.98 Å². The van der Waals surface area contributed by atoms with E-state index in [0.29, 0.717) is 11.0 Å². The predicted octanol–water partition coefficient (Wildman–Crippen LogP) is 2.71. The van der Waals surface area contributed by atoms with E-state index in [1.54, 1.807) is 11.3 Å². The topological polar surface area (TPSA) is 33.2 Å². The third-order valence-corrected chi connectivity index (χ3v) is 3.94. The van der Waals surface area contributed by atoms with Crippen molar-refractivity contribution in [1.82, 2.24) is 4.98 Å². The molecule has 1 aliphatic rings. The number of thiazole rings is 1. The Labute approximate surface area is 102 Å². The Kier molecular flexibility index (Phi) is 3.75. The molecule has 5 heteroatoms. The molecule has 3 nitrogen and oxygen atoms in total. The molecule has 1 saturated heterocycles. The molecular weight excluding hydrogens is 276 g/mol. The van der Waals surface area contributed by atoms with Crippen LogP contribution in [0.4, 0.5) is 5.13 Å². The first-order valence-electron chi connectivity index (χ1n) is 5.11. The van der Waals surface area contributed by atoms with Crippen LogP contribution in [-0.2, 0) is 0 Å². The summed E-state index contributed by atoms with van der Waals surface area (Å²) >= 11 is 4.73. The van der Waals surface area contributed by atoms with Crippen molar-refractivity contribution in [3.8, 4) is 0 Å². The van der Waals surface area contributed by atoms with Crippen molar-refractivity contribution in [3.05, 3.63) is 11.1 Å². The predicted molar refractivity (Wildman–Crippen MR) is 66.3 cm³/mol. The van der Waals surface area contributed by atoms with Gasteiger partial charge in [0.1, 0.15) is 5.69 Å². The molecular formula is C10H13BrN2OS. The number of aromatic nitrogens is 1. The second-order valence-electron chi connectivity index (χ2n) is 3.62. The summed E-state index contributed by atoms with van der Waals surface area (Å²) in [5.41, 5.74) is 0.595. The number of rotatable bonds is 3. The van der Waals surface area contributed by atoms with E-state index >= 15 is 0 Å². The molecule has 0 amide bonds. The van der Waals surface area contributed by atoms with Crippen LogP contribution in [0.15, 0.2) is 5.38 Å². The Morgan fingerprint density at radius 3 is 2.87 bits per heavy atom. The third-order valence-electron chi connectivity index (χ3n) is 2.53. The van der Waals surface area contributed by atoms with Crippen molar-refractivity contribution in [1.29, 1.82) is 0 Å². The fraction of sp³-hybridized carbons (Fsp3) is 0.600. The van der Waals surface area contributed by atoms with Gasteiger partial charge in [0.15, 0.2) is 10.9 Å². The van der Waals surface area contributed by atoms with Gasteiger partial charge >= 0.3 is 0 Å². The Morgan fingerprint density at radius 1 is 1.47 bits per heavy atom. The van der Waals surface area contributed by atoms with Crippen molar-refractivity contribution < 1.29 is 4.79 Å². The Hall–Kier alpha value is -0.420. The zero-order valence-corrected chi connectivity index (χ0v) is 10.8. The second kappa shape index (κ2) is 5.07. The number of halogens is 1. The molecule has 1 fully saturated rings. The zero-order chi connectivity index (χ0) is 10.7. The molecule has 1 aromatic heterocycles. The molecule has 2 heterocycles. The van der Waals surface area contributed by atoms with Gasteiger partial charge in [-0.05, 0) is 19.3 Å². The van der Waals surface area contributed by atoms with Gasteiger partial charge in [0.25, 0.3) is 0 Å². The van der Waals surface area contributed by atoms with Gasteiger partial charge in [0.2, 0.25) is 0 Å². The van der Waals surface area contributed by atoms with E-state index in [1.807, 2.05) is 5.38 Å². The first-order chi connectivity index (χ1) is 7.31. The lowest BCUT2D eigenvalue weighted by atomic mass is 10.1. The molecule has 1 aliphatic heterocycles. The smallest absolute Gasteiger partial charge is 0.192 e. The molecule has 0 aliphatic carbocycles. The summed E-state index contributed by atoms with van der Waals surface area (Å²) in [5, 5.41) is 3.21. The first-order valence-corrected chi connectivity index (χ1v) is 7.11. The Morgan fingerprint density at radius 2 is 2.20 bits per heavy atom. The number of nitrogens with zero attached hydrogens (tertiary/aromatic N) is 2. The van der Waals surface area contributed by atoms with Crippen LogP contribution in [0.25, 0.3) is 0 Å². The number of ketones is 1. The van der Waals surface area contributed by atoms with E-state index in [0.717, 1.165) is 18.2 Å². The van der Waals surface area contributed by atoms with Crippen molar-refractivity contribution in [2.75, 3.05) is 23.3 Å². The van der Waals surface area contributed by atoms with E-state index in [1.165, 1.54) is 19.3 Å². The maximum atomic E-state index is 11.4. The average molecular weight is 289 g/mol. The van der Waals surface area contributed by atoms with E-state index in [-0.39, 0.29) is 5.78 Å². The van der Waals surface area contributed by atoms with Crippen LogP contribution in [0, 0.1) is 0 Å². The molecule has 82 valence electrons. The fourth-order valence-corrected chi connectivity index (χ4v) is 2.86. The quantitative estimate of drug-likeness (QED) is 0.633. The number of alkyl halides is 1. The maximum absolute atomic E-state index is 11.4. The minimum atomic E-state index is 0.0644. The maximum Gasteiger partial charge on any atom is 0.192 e. The summed E-state index contributed by atoms with van der Waals surface area (Å²) in [7, 11) is 0. The number of carbonyl (C=O) groups excluding carboxylic acids is 1. The van der Waals surface area contributed by atoms with Crippen molar-refractivity contribution in [2.24, 2.45) is 0 Å². The molecule has 0 spiro atoms. The highest BCUT2D eigenvalue weighted by Crippen LogP contribution is 2.24. The molecule has 0 atom stereocenters. The van der Waals surface area contributed by atoms with E-state index in [4.69, 9.17) is 0 Å². The number of anilines is 1. The highest BCUT2D eigenvalue weighted by molar-refractivity contribution is 9.09. The Balaban J connectivity index is 2.08. The molecule has 0 N–H and O–H groups in total. The SMILES string of the molecule is O=C(CBr)c1csc(N2CCCCC2)n1. The summed E-state index contributed by atoms with van der Waals surface area (Å²) in [4.78, 5) is 18.0. The van der Waals surface area contributed by atoms with Crippen LogP contribution in [0.1, 0.15) is 29.8 Å². The highest BCUT2D eigenvalue weighted by Gasteiger charge is 2.16. The summed E-state index contributed by atoms with van der Waals surface area (Å²) in [6.07, 6.45) is 3.79. The lowest BCUT2D eigenvalue weighted by Gasteiger charge is -2.25. The van der Waals surface area contributed by atoms with Crippen LogP contribution in [-0.4, -0.2) is 29.2 Å². The molecule has 2 rings (SSSR count). The lowest BCUT2D eigenvalue weighted by Crippen LogP contribution is -2.29. The van der Waals surface area contributed by atoms with Gasteiger partial charge in [-0.15, -0.1) is 11.3 Å². The molecule has 0 radical (unpaired) electrons. The third kappa shape index (κ3) is 2.58. The Bertz CT molecular complexity index is 347. The van der Waals surface area contributed by atoms with Crippen molar-refractivity contribution >= 4 is 38.2 Å². The first kappa shape index (κ1) is 11.1. The number of carbonyl (C=O) groups is 1. The lowest BCUT2D eigenvalue weighted by molar-refractivity contribution is 0.102. The number of hydrogen-bond donors (Lipinski definition) is 0. The standard InChI is InChI=1S/C10H13BrN2OS/c11-6-9(14)8-7-15-10(12-8)13-4-2-1-3-5-13/h7H,1-6H2. The number of hydrogen-bond acceptors (Lipinski definition) is 4. The average Bonchev–Trinajstić information content (AvgIpc) is 2.78. The minimum absolute atomic E-state index is 0.0644. The number of Topliss-reactive ketones (excluding diaryl/α,β-unsaturated/α-hetero) is 1. The number of piperidine rings is 1. The van der Waals surface area contributed by atoms with Gasteiger partial charge in [-0.1, -0.05) is 15.9 Å². The second-order valence-corrected chi connectivity index (χ2v) is 5.02. The van der Waals surface area contributed by atoms with Crippen LogP contribution < -0.4 is 4.90 Å². The van der Waals surface area contributed by atoms with Crippen LogP contribution in [0.3, 0.4) is 0 Å². The zero-order valence-electron chi connectivity index (χ0n) is 8.41. The van der Waals surface area contributed by atoms with E-state index < -0.39 is 0 Å².